The maximum atomic E-state index is 15.0. The molecule has 0 aliphatic rings. The fraction of sp³-hybridized carbons (Fsp3) is 0.438. The van der Waals surface area contributed by atoms with Gasteiger partial charge in [0.2, 0.25) is 0 Å². The summed E-state index contributed by atoms with van der Waals surface area (Å²) in [5.41, 5.74) is -3.81. The lowest BCUT2D eigenvalue weighted by atomic mass is 10.1. The van der Waals surface area contributed by atoms with Crippen molar-refractivity contribution in [2.75, 3.05) is 13.2 Å². The summed E-state index contributed by atoms with van der Waals surface area (Å²) in [5, 5.41) is 10.2. The minimum absolute atomic E-state index is 0.0660. The number of halogens is 3. The van der Waals surface area contributed by atoms with Crippen LogP contribution < -0.4 is 0 Å². The normalized spacial score (nSPS) is 14.0. The van der Waals surface area contributed by atoms with E-state index in [1.165, 1.54) is 26.8 Å². The Morgan fingerprint density at radius 2 is 1.88 bits per heavy atom. The Balaban J connectivity index is 2.64. The number of alkyl halides is 2. The van der Waals surface area contributed by atoms with Crippen molar-refractivity contribution < 1.29 is 27.5 Å². The molecule has 0 radical (unpaired) electrons. The SMILES string of the molecule is CCOP(=O)(OCC)C(F)(F)c1cc2nc(C(C)O)ccc2cc1Br. The van der Waals surface area contributed by atoms with Crippen LogP contribution in [-0.4, -0.2) is 23.3 Å². The lowest BCUT2D eigenvalue weighted by Crippen LogP contribution is -2.19. The molecule has 0 amide bonds. The van der Waals surface area contributed by atoms with Gasteiger partial charge in [0, 0.05) is 15.4 Å². The molecule has 0 saturated carbocycles. The van der Waals surface area contributed by atoms with Crippen LogP contribution >= 0.6 is 23.5 Å². The molecular formula is C16H19BrF2NO4P. The number of fused-ring (bicyclic) bond motifs is 1. The third kappa shape index (κ3) is 3.93. The second kappa shape index (κ2) is 7.76. The van der Waals surface area contributed by atoms with Crippen LogP contribution in [0.3, 0.4) is 0 Å². The zero-order valence-corrected chi connectivity index (χ0v) is 16.5. The highest BCUT2D eigenvalue weighted by Gasteiger charge is 2.55. The van der Waals surface area contributed by atoms with Gasteiger partial charge in [0.25, 0.3) is 0 Å². The summed E-state index contributed by atoms with van der Waals surface area (Å²) in [6.07, 6.45) is -0.838. The van der Waals surface area contributed by atoms with Crippen molar-refractivity contribution >= 4 is 34.4 Å². The molecule has 1 aromatic carbocycles. The molecule has 0 bridgehead atoms. The summed E-state index contributed by atoms with van der Waals surface area (Å²) >= 11 is 3.11. The van der Waals surface area contributed by atoms with E-state index < -0.39 is 24.9 Å². The summed E-state index contributed by atoms with van der Waals surface area (Å²) in [4.78, 5) is 4.19. The molecule has 0 fully saturated rings. The molecule has 0 saturated heterocycles. The van der Waals surface area contributed by atoms with Crippen LogP contribution in [-0.2, 0) is 19.3 Å². The van der Waals surface area contributed by atoms with Gasteiger partial charge < -0.3 is 14.2 Å². The molecule has 1 heterocycles. The van der Waals surface area contributed by atoms with E-state index in [4.69, 9.17) is 9.05 Å². The van der Waals surface area contributed by atoms with Crippen LogP contribution in [0.25, 0.3) is 10.9 Å². The van der Waals surface area contributed by atoms with Crippen LogP contribution in [0.1, 0.15) is 38.1 Å². The Morgan fingerprint density at radius 3 is 2.40 bits per heavy atom. The molecule has 0 spiro atoms. The van der Waals surface area contributed by atoms with E-state index in [0.717, 1.165) is 6.07 Å². The van der Waals surface area contributed by atoms with Crippen molar-refractivity contribution in [2.24, 2.45) is 0 Å². The fourth-order valence-corrected chi connectivity index (χ4v) is 4.63. The summed E-state index contributed by atoms with van der Waals surface area (Å²) in [5.74, 6) is 0. The molecule has 138 valence electrons. The highest BCUT2D eigenvalue weighted by atomic mass is 79.9. The van der Waals surface area contributed by atoms with Gasteiger partial charge in [-0.2, -0.15) is 8.78 Å². The van der Waals surface area contributed by atoms with Gasteiger partial charge in [0.15, 0.2) is 0 Å². The van der Waals surface area contributed by atoms with Crippen molar-refractivity contribution in [1.82, 2.24) is 4.98 Å². The third-order valence-corrected chi connectivity index (χ3v) is 6.27. The van der Waals surface area contributed by atoms with Gasteiger partial charge in [-0.15, -0.1) is 0 Å². The molecule has 1 atom stereocenters. The van der Waals surface area contributed by atoms with Gasteiger partial charge in [0.05, 0.1) is 30.5 Å². The first-order valence-corrected chi connectivity index (χ1v) is 10.1. The molecule has 1 aromatic heterocycles. The van der Waals surface area contributed by atoms with Crippen LogP contribution in [0.5, 0.6) is 0 Å². The van der Waals surface area contributed by atoms with Gasteiger partial charge in [-0.1, -0.05) is 22.0 Å². The van der Waals surface area contributed by atoms with Gasteiger partial charge in [-0.05, 0) is 39.0 Å². The average Bonchev–Trinajstić information content (AvgIpc) is 2.53. The van der Waals surface area contributed by atoms with E-state index in [2.05, 4.69) is 20.9 Å². The van der Waals surface area contributed by atoms with Crippen molar-refractivity contribution in [3.05, 3.63) is 40.0 Å². The first-order chi connectivity index (χ1) is 11.7. The number of hydrogen-bond acceptors (Lipinski definition) is 5. The maximum Gasteiger partial charge on any atom is 0.404 e. The summed E-state index contributed by atoms with van der Waals surface area (Å²) < 4.78 is 52.3. The first kappa shape index (κ1) is 20.4. The van der Waals surface area contributed by atoms with Crippen molar-refractivity contribution in [1.29, 1.82) is 0 Å². The van der Waals surface area contributed by atoms with Gasteiger partial charge >= 0.3 is 13.3 Å². The van der Waals surface area contributed by atoms with E-state index in [1.54, 1.807) is 12.1 Å². The Bertz CT molecular complexity index is 806. The molecule has 0 aliphatic carbocycles. The molecular weight excluding hydrogens is 419 g/mol. The lowest BCUT2D eigenvalue weighted by Gasteiger charge is -2.26. The van der Waals surface area contributed by atoms with E-state index in [1.807, 2.05) is 0 Å². The standard InChI is InChI=1S/C16H19BrF2NO4P/c1-4-23-25(22,24-5-2)16(18,19)12-9-15-11(8-13(12)17)6-7-14(20-15)10(3)21/h6-10,21H,4-5H2,1-3H3. The van der Waals surface area contributed by atoms with Gasteiger partial charge in [0.1, 0.15) is 0 Å². The molecule has 2 rings (SSSR count). The largest absolute Gasteiger partial charge is 0.404 e. The number of hydrogen-bond donors (Lipinski definition) is 1. The molecule has 2 aromatic rings. The molecule has 25 heavy (non-hydrogen) atoms. The Hall–Kier alpha value is -0.920. The zero-order chi connectivity index (χ0) is 18.8. The number of pyridine rings is 1. The summed E-state index contributed by atoms with van der Waals surface area (Å²) in [7, 11) is -4.72. The second-order valence-electron chi connectivity index (χ2n) is 5.31. The molecule has 5 nitrogen and oxygen atoms in total. The van der Waals surface area contributed by atoms with Crippen molar-refractivity contribution in [3.63, 3.8) is 0 Å². The highest BCUT2D eigenvalue weighted by molar-refractivity contribution is 9.10. The number of aromatic nitrogens is 1. The molecule has 1 unspecified atom stereocenters. The topological polar surface area (TPSA) is 68.7 Å². The van der Waals surface area contributed by atoms with E-state index in [9.17, 15) is 9.67 Å². The Morgan fingerprint density at radius 1 is 1.28 bits per heavy atom. The number of nitrogens with zero attached hydrogens (tertiary/aromatic N) is 1. The number of aliphatic hydroxyl groups is 1. The Kier molecular flexibility index (Phi) is 6.33. The first-order valence-electron chi connectivity index (χ1n) is 7.72. The number of rotatable bonds is 7. The lowest BCUT2D eigenvalue weighted by molar-refractivity contribution is 0.0355. The summed E-state index contributed by atoms with van der Waals surface area (Å²) in [6, 6.07) is 5.87. The predicted molar refractivity (Wildman–Crippen MR) is 94.8 cm³/mol. The van der Waals surface area contributed by atoms with Crippen molar-refractivity contribution in [3.8, 4) is 0 Å². The molecule has 0 aliphatic heterocycles. The maximum absolute atomic E-state index is 15.0. The fourth-order valence-electron chi connectivity index (χ4n) is 2.31. The minimum Gasteiger partial charge on any atom is -0.387 e. The molecule has 1 N–H and O–H groups in total. The van der Waals surface area contributed by atoms with E-state index in [0.29, 0.717) is 11.1 Å². The highest BCUT2D eigenvalue weighted by Crippen LogP contribution is 2.67. The molecule has 9 heteroatoms. The van der Waals surface area contributed by atoms with Crippen LogP contribution in [0.2, 0.25) is 0 Å². The van der Waals surface area contributed by atoms with E-state index >= 15 is 8.78 Å². The zero-order valence-electron chi connectivity index (χ0n) is 14.0. The second-order valence-corrected chi connectivity index (χ2v) is 8.24. The van der Waals surface area contributed by atoms with Crippen LogP contribution in [0.4, 0.5) is 8.78 Å². The predicted octanol–water partition coefficient (Wildman–Crippen LogP) is 5.37. The number of benzene rings is 1. The number of aliphatic hydroxyl groups excluding tert-OH is 1. The van der Waals surface area contributed by atoms with Crippen LogP contribution in [0, 0.1) is 0 Å². The monoisotopic (exact) mass is 437 g/mol. The van der Waals surface area contributed by atoms with Crippen molar-refractivity contribution in [2.45, 2.75) is 32.5 Å². The third-order valence-electron chi connectivity index (χ3n) is 3.49. The minimum atomic E-state index is -4.72. The van der Waals surface area contributed by atoms with Gasteiger partial charge in [-0.25, -0.2) is 0 Å². The van der Waals surface area contributed by atoms with Gasteiger partial charge in [-0.3, -0.25) is 9.55 Å². The quantitative estimate of drug-likeness (QED) is 0.589. The van der Waals surface area contributed by atoms with E-state index in [-0.39, 0.29) is 23.2 Å². The smallest absolute Gasteiger partial charge is 0.387 e. The van der Waals surface area contributed by atoms with Crippen LogP contribution in [0.15, 0.2) is 28.7 Å². The average molecular weight is 438 g/mol. The summed E-state index contributed by atoms with van der Waals surface area (Å²) in [6.45, 7) is 4.10. The Labute approximate surface area is 153 Å².